The molecule has 1 saturated heterocycles. The van der Waals surface area contributed by atoms with Gasteiger partial charge in [0, 0.05) is 6.32 Å². The first-order valence-corrected chi connectivity index (χ1v) is 6.29. The third-order valence-corrected chi connectivity index (χ3v) is 3.88. The van der Waals surface area contributed by atoms with Gasteiger partial charge in [0.05, 0.1) is 22.8 Å². The maximum absolute atomic E-state index is 13.3. The quantitative estimate of drug-likeness (QED) is 0.769. The van der Waals surface area contributed by atoms with E-state index in [-0.39, 0.29) is 5.82 Å². The molecular weight excluding hydrogens is 244 g/mol. The van der Waals surface area contributed by atoms with Crippen LogP contribution in [0.25, 0.3) is 0 Å². The topological polar surface area (TPSA) is 42.2 Å². The normalized spacial score (nSPS) is 20.3. The number of nitrogens with zero attached hydrogens (tertiary/aromatic N) is 1. The second-order valence-corrected chi connectivity index (χ2v) is 5.80. The number of rotatable bonds is 2. The van der Waals surface area contributed by atoms with E-state index in [1.165, 1.54) is 18.2 Å². The third kappa shape index (κ3) is 2.65. The molecule has 1 fully saturated rings. The molecule has 3 nitrogen and oxygen atoms in total. The van der Waals surface area contributed by atoms with Crippen LogP contribution in [0.4, 0.5) is 4.39 Å². The van der Waals surface area contributed by atoms with Gasteiger partial charge in [-0.25, -0.2) is 4.39 Å². The van der Waals surface area contributed by atoms with Gasteiger partial charge >= 0.3 is 7.12 Å². The molecule has 1 aliphatic heterocycles. The summed E-state index contributed by atoms with van der Waals surface area (Å²) in [5.74, 6) is -0.356. The Kier molecular flexibility index (Phi) is 3.42. The van der Waals surface area contributed by atoms with Crippen LogP contribution in [0.15, 0.2) is 18.2 Å². The predicted molar refractivity (Wildman–Crippen MR) is 70.9 cm³/mol. The van der Waals surface area contributed by atoms with Crippen LogP contribution in [-0.4, -0.2) is 18.3 Å². The molecule has 1 aliphatic rings. The molecule has 0 atom stereocenters. The van der Waals surface area contributed by atoms with E-state index in [0.717, 1.165) is 0 Å². The van der Waals surface area contributed by atoms with Gasteiger partial charge in [-0.05, 0) is 51.5 Å². The minimum absolute atomic E-state index is 0.356. The maximum atomic E-state index is 13.3. The maximum Gasteiger partial charge on any atom is 0.462 e. The summed E-state index contributed by atoms with van der Waals surface area (Å²) in [6.07, 6.45) is 0.369. The van der Waals surface area contributed by atoms with Crippen molar-refractivity contribution in [1.82, 2.24) is 0 Å². The molecule has 0 saturated carbocycles. The summed E-state index contributed by atoms with van der Waals surface area (Å²) >= 11 is 0. The number of halogens is 1. The van der Waals surface area contributed by atoms with Crippen molar-refractivity contribution >= 4 is 7.12 Å². The first-order chi connectivity index (χ1) is 8.75. The molecule has 0 spiro atoms. The lowest BCUT2D eigenvalue weighted by Crippen LogP contribution is -2.41. The van der Waals surface area contributed by atoms with Crippen molar-refractivity contribution in [1.29, 1.82) is 5.26 Å². The van der Waals surface area contributed by atoms with Crippen LogP contribution in [-0.2, 0) is 15.6 Å². The monoisotopic (exact) mass is 261 g/mol. The smallest absolute Gasteiger partial charge is 0.403 e. The molecular formula is C14H17BFNO2. The summed E-state index contributed by atoms with van der Waals surface area (Å²) in [5.41, 5.74) is 0.229. The first kappa shape index (κ1) is 14.0. The summed E-state index contributed by atoms with van der Waals surface area (Å²) in [7, 11) is -0.459. The largest absolute Gasteiger partial charge is 0.462 e. The Bertz CT molecular complexity index is 521. The van der Waals surface area contributed by atoms with Gasteiger partial charge in [-0.15, -0.1) is 0 Å². The molecule has 1 aromatic carbocycles. The van der Waals surface area contributed by atoms with E-state index in [4.69, 9.17) is 14.6 Å². The van der Waals surface area contributed by atoms with E-state index < -0.39 is 18.3 Å². The summed E-state index contributed by atoms with van der Waals surface area (Å²) in [6.45, 7) is 7.85. The Morgan fingerprint density at radius 3 is 2.32 bits per heavy atom. The second-order valence-electron chi connectivity index (χ2n) is 5.80. The Hall–Kier alpha value is -1.38. The van der Waals surface area contributed by atoms with Crippen molar-refractivity contribution < 1.29 is 13.7 Å². The van der Waals surface area contributed by atoms with Crippen molar-refractivity contribution in [2.24, 2.45) is 0 Å². The molecule has 1 aromatic rings. The van der Waals surface area contributed by atoms with Gasteiger partial charge < -0.3 is 9.31 Å². The zero-order chi connectivity index (χ0) is 14.3. The van der Waals surface area contributed by atoms with Crippen LogP contribution < -0.4 is 0 Å². The lowest BCUT2D eigenvalue weighted by Gasteiger charge is -2.32. The van der Waals surface area contributed by atoms with Gasteiger partial charge in [-0.2, -0.15) is 5.26 Å². The summed E-state index contributed by atoms with van der Waals surface area (Å²) in [5, 5.41) is 9.03. The highest BCUT2D eigenvalue weighted by molar-refractivity contribution is 6.45. The molecule has 1 heterocycles. The van der Waals surface area contributed by atoms with E-state index in [1.807, 2.05) is 27.7 Å². The Morgan fingerprint density at radius 2 is 1.79 bits per heavy atom. The fraction of sp³-hybridized carbons (Fsp3) is 0.500. The molecule has 0 aromatic heterocycles. The zero-order valence-electron chi connectivity index (χ0n) is 11.7. The van der Waals surface area contributed by atoms with Crippen molar-refractivity contribution in [2.45, 2.75) is 45.2 Å². The molecule has 0 unspecified atom stereocenters. The van der Waals surface area contributed by atoms with Crippen LogP contribution in [0.1, 0.15) is 38.8 Å². The molecule has 0 N–H and O–H groups in total. The van der Waals surface area contributed by atoms with Crippen LogP contribution in [0.5, 0.6) is 0 Å². The number of benzene rings is 1. The zero-order valence-corrected chi connectivity index (χ0v) is 11.7. The van der Waals surface area contributed by atoms with E-state index in [2.05, 4.69) is 6.07 Å². The van der Waals surface area contributed by atoms with Crippen molar-refractivity contribution in [3.05, 3.63) is 35.1 Å². The Balaban J connectivity index is 2.20. The van der Waals surface area contributed by atoms with E-state index in [9.17, 15) is 4.39 Å². The average Bonchev–Trinajstić information content (AvgIpc) is 2.47. The summed E-state index contributed by atoms with van der Waals surface area (Å²) in [4.78, 5) is 0. The highest BCUT2D eigenvalue weighted by atomic mass is 19.1. The lowest BCUT2D eigenvalue weighted by atomic mass is 9.79. The van der Waals surface area contributed by atoms with E-state index in [1.54, 1.807) is 0 Å². The van der Waals surface area contributed by atoms with Gasteiger partial charge in [0.1, 0.15) is 5.82 Å². The van der Waals surface area contributed by atoms with Gasteiger partial charge in [-0.3, -0.25) is 0 Å². The second kappa shape index (κ2) is 4.62. The SMILES string of the molecule is CC1(C)OB(Cc2cc(F)ccc2C#N)OC1(C)C. The minimum atomic E-state index is -0.459. The standard InChI is InChI=1S/C14H17BFNO2/c1-13(2)14(3,4)19-15(18-13)8-11-7-12(16)6-5-10(11)9-17/h5-7H,8H2,1-4H3. The molecule has 0 radical (unpaired) electrons. The highest BCUT2D eigenvalue weighted by Gasteiger charge is 2.50. The number of hydrogen-bond donors (Lipinski definition) is 0. The molecule has 19 heavy (non-hydrogen) atoms. The lowest BCUT2D eigenvalue weighted by molar-refractivity contribution is 0.00578. The predicted octanol–water partition coefficient (Wildman–Crippen LogP) is 2.87. The van der Waals surface area contributed by atoms with Crippen molar-refractivity contribution in [3.8, 4) is 6.07 Å². The fourth-order valence-corrected chi connectivity index (χ4v) is 2.07. The Morgan fingerprint density at radius 1 is 1.21 bits per heavy atom. The molecule has 5 heteroatoms. The summed E-state index contributed by atoms with van der Waals surface area (Å²) in [6, 6.07) is 6.19. The highest BCUT2D eigenvalue weighted by Crippen LogP contribution is 2.37. The minimum Gasteiger partial charge on any atom is -0.403 e. The van der Waals surface area contributed by atoms with Gasteiger partial charge in [0.25, 0.3) is 0 Å². The average molecular weight is 261 g/mol. The van der Waals surface area contributed by atoms with Crippen LogP contribution >= 0.6 is 0 Å². The third-order valence-electron chi connectivity index (χ3n) is 3.88. The van der Waals surface area contributed by atoms with E-state index >= 15 is 0 Å². The van der Waals surface area contributed by atoms with Crippen LogP contribution in [0.3, 0.4) is 0 Å². The molecule has 0 aliphatic carbocycles. The molecule has 0 amide bonds. The van der Waals surface area contributed by atoms with Crippen molar-refractivity contribution in [2.75, 3.05) is 0 Å². The van der Waals surface area contributed by atoms with Gasteiger partial charge in [-0.1, -0.05) is 0 Å². The van der Waals surface area contributed by atoms with Gasteiger partial charge in [0.15, 0.2) is 0 Å². The number of hydrogen-bond acceptors (Lipinski definition) is 3. The fourth-order valence-electron chi connectivity index (χ4n) is 2.07. The van der Waals surface area contributed by atoms with Crippen molar-refractivity contribution in [3.63, 3.8) is 0 Å². The Labute approximate surface area is 113 Å². The number of nitriles is 1. The molecule has 100 valence electrons. The van der Waals surface area contributed by atoms with Crippen LogP contribution in [0, 0.1) is 17.1 Å². The first-order valence-electron chi connectivity index (χ1n) is 6.29. The van der Waals surface area contributed by atoms with Gasteiger partial charge in [0.2, 0.25) is 0 Å². The molecule has 0 bridgehead atoms. The molecule has 2 rings (SSSR count). The summed E-state index contributed by atoms with van der Waals surface area (Å²) < 4.78 is 25.0. The van der Waals surface area contributed by atoms with Crippen LogP contribution in [0.2, 0.25) is 0 Å². The van der Waals surface area contributed by atoms with E-state index in [0.29, 0.717) is 17.4 Å².